The molecule has 0 spiro atoms. The third-order valence-electron chi connectivity index (χ3n) is 6.02. The summed E-state index contributed by atoms with van der Waals surface area (Å²) in [6.07, 6.45) is 3.78. The van der Waals surface area contributed by atoms with Gasteiger partial charge in [-0.05, 0) is 79.1 Å². The van der Waals surface area contributed by atoms with Crippen LogP contribution in [0.25, 0.3) is 0 Å². The minimum Gasteiger partial charge on any atom is -0.493 e. The van der Waals surface area contributed by atoms with Crippen LogP contribution in [0.4, 0.5) is 10.2 Å². The standard InChI is InChI=1S/C28H31FN2O3/c1-2-33-27(32)19-23(22-5-3-7-24(29)18-22)17-20-8-12-26(13-9-20)34-16-14-25-11-10-21-6-4-15-30-28(21)31-25/h3,5,7-13,18,23H,2,4,6,14-17,19H2,1H3,(H,30,31). The van der Waals surface area contributed by atoms with Gasteiger partial charge in [-0.15, -0.1) is 0 Å². The Bertz CT molecular complexity index is 1100. The smallest absolute Gasteiger partial charge is 0.306 e. The van der Waals surface area contributed by atoms with Crippen molar-refractivity contribution in [2.45, 2.75) is 44.9 Å². The number of carbonyl (C=O) groups is 1. The molecule has 2 aromatic carbocycles. The molecule has 0 saturated heterocycles. The number of benzene rings is 2. The third-order valence-corrected chi connectivity index (χ3v) is 6.02. The van der Waals surface area contributed by atoms with Gasteiger partial charge >= 0.3 is 5.97 Å². The molecule has 6 heteroatoms. The van der Waals surface area contributed by atoms with Crippen LogP contribution < -0.4 is 10.1 Å². The van der Waals surface area contributed by atoms with Crippen LogP contribution in [0.3, 0.4) is 0 Å². The Morgan fingerprint density at radius 2 is 2.00 bits per heavy atom. The first-order chi connectivity index (χ1) is 16.6. The van der Waals surface area contributed by atoms with Crippen LogP contribution in [-0.2, 0) is 28.8 Å². The van der Waals surface area contributed by atoms with Gasteiger partial charge in [0.15, 0.2) is 0 Å². The fourth-order valence-electron chi connectivity index (χ4n) is 4.28. The lowest BCUT2D eigenvalue weighted by molar-refractivity contribution is -0.143. The van der Waals surface area contributed by atoms with E-state index in [4.69, 9.17) is 14.5 Å². The number of anilines is 1. The molecule has 5 nitrogen and oxygen atoms in total. The van der Waals surface area contributed by atoms with Gasteiger partial charge in [0.05, 0.1) is 19.6 Å². The summed E-state index contributed by atoms with van der Waals surface area (Å²) in [6.45, 7) is 3.64. The number of halogens is 1. The largest absolute Gasteiger partial charge is 0.493 e. The predicted molar refractivity (Wildman–Crippen MR) is 131 cm³/mol. The van der Waals surface area contributed by atoms with Crippen molar-refractivity contribution < 1.29 is 18.7 Å². The van der Waals surface area contributed by atoms with Crippen LogP contribution in [0, 0.1) is 5.82 Å². The highest BCUT2D eigenvalue weighted by atomic mass is 19.1. The van der Waals surface area contributed by atoms with Crippen LogP contribution in [0.1, 0.15) is 48.1 Å². The predicted octanol–water partition coefficient (Wildman–Crippen LogP) is 5.48. The number of aromatic nitrogens is 1. The van der Waals surface area contributed by atoms with Crippen LogP contribution in [0.2, 0.25) is 0 Å². The molecule has 0 fully saturated rings. The summed E-state index contributed by atoms with van der Waals surface area (Å²) in [6, 6.07) is 18.5. The zero-order chi connectivity index (χ0) is 23.8. The van der Waals surface area contributed by atoms with Gasteiger partial charge in [-0.25, -0.2) is 9.37 Å². The Morgan fingerprint density at radius 1 is 1.15 bits per heavy atom. The van der Waals surface area contributed by atoms with E-state index in [1.807, 2.05) is 30.3 Å². The van der Waals surface area contributed by atoms with Crippen LogP contribution in [0.15, 0.2) is 60.7 Å². The maximum Gasteiger partial charge on any atom is 0.306 e. The number of hydrogen-bond donors (Lipinski definition) is 1. The molecular formula is C28H31FN2O3. The summed E-state index contributed by atoms with van der Waals surface area (Å²) in [4.78, 5) is 16.8. The van der Waals surface area contributed by atoms with Crippen molar-refractivity contribution in [1.82, 2.24) is 4.98 Å². The van der Waals surface area contributed by atoms with Crippen molar-refractivity contribution in [2.75, 3.05) is 25.1 Å². The van der Waals surface area contributed by atoms with Gasteiger partial charge in [0.2, 0.25) is 0 Å². The second kappa shape index (κ2) is 11.6. The van der Waals surface area contributed by atoms with E-state index in [-0.39, 0.29) is 24.1 Å². The van der Waals surface area contributed by atoms with Gasteiger partial charge in [-0.1, -0.05) is 30.3 Å². The molecule has 1 unspecified atom stereocenters. The second-order valence-electron chi connectivity index (χ2n) is 8.55. The maximum absolute atomic E-state index is 13.8. The number of aryl methyl sites for hydroxylation is 1. The van der Waals surface area contributed by atoms with Gasteiger partial charge in [-0.2, -0.15) is 0 Å². The molecule has 0 saturated carbocycles. The van der Waals surface area contributed by atoms with Crippen molar-refractivity contribution >= 4 is 11.8 Å². The SMILES string of the molecule is CCOC(=O)CC(Cc1ccc(OCCc2ccc3c(n2)NCCC3)cc1)c1cccc(F)c1. The quantitative estimate of drug-likeness (QED) is 0.404. The number of nitrogens with zero attached hydrogens (tertiary/aromatic N) is 1. The fraction of sp³-hybridized carbons (Fsp3) is 0.357. The van der Waals surface area contributed by atoms with E-state index in [0.717, 1.165) is 54.2 Å². The molecule has 2 heterocycles. The van der Waals surface area contributed by atoms with Gasteiger partial charge in [0, 0.05) is 18.7 Å². The number of esters is 1. The molecule has 178 valence electrons. The number of nitrogens with one attached hydrogen (secondary N) is 1. The zero-order valence-electron chi connectivity index (χ0n) is 19.6. The monoisotopic (exact) mass is 462 g/mol. The first-order valence-electron chi connectivity index (χ1n) is 12.0. The molecule has 0 radical (unpaired) electrons. The number of fused-ring (bicyclic) bond motifs is 1. The highest BCUT2D eigenvalue weighted by Gasteiger charge is 2.18. The average molecular weight is 463 g/mol. The van der Waals surface area contributed by atoms with Crippen LogP contribution >= 0.6 is 0 Å². The van der Waals surface area contributed by atoms with Crippen molar-refractivity contribution in [3.63, 3.8) is 0 Å². The van der Waals surface area contributed by atoms with E-state index in [9.17, 15) is 9.18 Å². The van der Waals surface area contributed by atoms with Gasteiger partial charge in [-0.3, -0.25) is 4.79 Å². The Labute approximate surface area is 200 Å². The Balaban J connectivity index is 1.34. The zero-order valence-corrected chi connectivity index (χ0v) is 19.6. The van der Waals surface area contributed by atoms with Crippen molar-refractivity contribution in [3.05, 3.63) is 88.9 Å². The van der Waals surface area contributed by atoms with E-state index in [1.165, 1.54) is 17.7 Å². The molecular weight excluding hydrogens is 431 g/mol. The molecule has 1 N–H and O–H groups in total. The van der Waals surface area contributed by atoms with Gasteiger partial charge < -0.3 is 14.8 Å². The number of rotatable bonds is 10. The minimum atomic E-state index is -0.306. The lowest BCUT2D eigenvalue weighted by atomic mass is 9.89. The molecule has 3 aromatic rings. The minimum absolute atomic E-state index is 0.162. The second-order valence-corrected chi connectivity index (χ2v) is 8.55. The van der Waals surface area contributed by atoms with Crippen LogP contribution in [-0.4, -0.2) is 30.7 Å². The van der Waals surface area contributed by atoms with E-state index >= 15 is 0 Å². The number of hydrogen-bond acceptors (Lipinski definition) is 5. The topological polar surface area (TPSA) is 60.5 Å². The molecule has 34 heavy (non-hydrogen) atoms. The molecule has 0 aliphatic carbocycles. The maximum atomic E-state index is 13.8. The summed E-state index contributed by atoms with van der Waals surface area (Å²) < 4.78 is 24.8. The van der Waals surface area contributed by atoms with Crippen molar-refractivity contribution in [3.8, 4) is 5.75 Å². The highest BCUT2D eigenvalue weighted by molar-refractivity contribution is 5.70. The molecule has 1 aliphatic heterocycles. The molecule has 0 amide bonds. The lowest BCUT2D eigenvalue weighted by Crippen LogP contribution is -2.14. The number of pyridine rings is 1. The summed E-state index contributed by atoms with van der Waals surface area (Å²) >= 11 is 0. The average Bonchev–Trinajstić information content (AvgIpc) is 2.85. The third kappa shape index (κ3) is 6.56. The van der Waals surface area contributed by atoms with E-state index < -0.39 is 0 Å². The van der Waals surface area contributed by atoms with E-state index in [2.05, 4.69) is 17.4 Å². The summed E-state index contributed by atoms with van der Waals surface area (Å²) in [7, 11) is 0. The fourth-order valence-corrected chi connectivity index (χ4v) is 4.28. The Kier molecular flexibility index (Phi) is 8.12. The summed E-state index contributed by atoms with van der Waals surface area (Å²) in [5.74, 6) is 1.04. The Hall–Kier alpha value is -3.41. The first kappa shape index (κ1) is 23.7. The van der Waals surface area contributed by atoms with E-state index in [0.29, 0.717) is 19.6 Å². The van der Waals surface area contributed by atoms with Gasteiger partial charge in [0.25, 0.3) is 0 Å². The van der Waals surface area contributed by atoms with E-state index in [1.54, 1.807) is 13.0 Å². The lowest BCUT2D eigenvalue weighted by Gasteiger charge is -2.18. The van der Waals surface area contributed by atoms with Crippen molar-refractivity contribution in [1.29, 1.82) is 0 Å². The normalized spacial score (nSPS) is 13.5. The molecule has 1 atom stereocenters. The number of ether oxygens (including phenoxy) is 2. The summed E-state index contributed by atoms with van der Waals surface area (Å²) in [5, 5.41) is 3.36. The highest BCUT2D eigenvalue weighted by Crippen LogP contribution is 2.27. The Morgan fingerprint density at radius 3 is 2.79 bits per heavy atom. The van der Waals surface area contributed by atoms with Gasteiger partial charge in [0.1, 0.15) is 17.4 Å². The van der Waals surface area contributed by atoms with Crippen LogP contribution in [0.5, 0.6) is 5.75 Å². The molecule has 1 aliphatic rings. The molecule has 1 aromatic heterocycles. The van der Waals surface area contributed by atoms with Crippen molar-refractivity contribution in [2.24, 2.45) is 0 Å². The summed E-state index contributed by atoms with van der Waals surface area (Å²) in [5.41, 5.74) is 4.14. The molecule has 0 bridgehead atoms. The molecule has 4 rings (SSSR count). The number of carbonyl (C=O) groups excluding carboxylic acids is 1. The first-order valence-corrected chi connectivity index (χ1v) is 12.0.